The van der Waals surface area contributed by atoms with Crippen molar-refractivity contribution in [2.45, 2.75) is 6.04 Å². The Bertz CT molecular complexity index is 1100. The molecule has 2 aromatic carbocycles. The van der Waals surface area contributed by atoms with Crippen LogP contribution in [0.25, 0.3) is 0 Å². The molecule has 12 heteroatoms. The molecule has 2 aromatic rings. The summed E-state index contributed by atoms with van der Waals surface area (Å²) >= 11 is 12.7. The number of likely N-dealkylation sites (N-methyl/N-ethyl adjacent to an activating group) is 1. The molecular weight excluding hydrogens is 539 g/mol. The zero-order valence-electron chi connectivity index (χ0n) is 20.4. The number of hydrogen-bond donors (Lipinski definition) is 4. The van der Waals surface area contributed by atoms with Crippen molar-refractivity contribution in [2.75, 3.05) is 33.2 Å². The highest BCUT2D eigenvalue weighted by Crippen LogP contribution is 2.34. The lowest BCUT2D eigenvalue weighted by molar-refractivity contribution is -0.134. The van der Waals surface area contributed by atoms with Gasteiger partial charge in [-0.05, 0) is 36.4 Å². The van der Waals surface area contributed by atoms with Crippen molar-refractivity contribution in [1.82, 2.24) is 9.80 Å². The standard InChI is InChI=1S/C18H20Cl2N2.2C4H4O4/c1-21-9-11-22(12-10-21)18(14-5-4-6-15(19)13-14)16-7-2-3-8-17(16)20;2*5-3(6)1-2-4(7)8/h2-8,13,18H,9-12H2,1H3;2*1-2H,(H,5,6)(H,7,8). The van der Waals surface area contributed by atoms with E-state index in [-0.39, 0.29) is 6.04 Å². The molecule has 1 unspecified atom stereocenters. The molecule has 4 N–H and O–H groups in total. The van der Waals surface area contributed by atoms with Crippen LogP contribution in [0.3, 0.4) is 0 Å². The molecule has 1 heterocycles. The SMILES string of the molecule is CN1CCN(C(c2cccc(Cl)c2)c2ccccc2Cl)CC1.O=C(O)C=CC(=O)O.O=C(O)C=CC(=O)O. The Hall–Kier alpha value is -3.70. The Morgan fingerprint density at radius 3 is 1.63 bits per heavy atom. The van der Waals surface area contributed by atoms with Gasteiger partial charge < -0.3 is 25.3 Å². The summed E-state index contributed by atoms with van der Waals surface area (Å²) in [7, 11) is 2.17. The van der Waals surface area contributed by atoms with Crippen LogP contribution in [0.1, 0.15) is 17.2 Å². The summed E-state index contributed by atoms with van der Waals surface area (Å²) in [5.41, 5.74) is 2.35. The number of rotatable bonds is 7. The van der Waals surface area contributed by atoms with Gasteiger partial charge in [-0.3, -0.25) is 4.90 Å². The zero-order chi connectivity index (χ0) is 28.7. The predicted molar refractivity (Wildman–Crippen MR) is 143 cm³/mol. The predicted octanol–water partition coefficient (Wildman–Crippen LogP) is 3.75. The number of carbonyl (C=O) groups is 4. The van der Waals surface area contributed by atoms with Crippen molar-refractivity contribution >= 4 is 47.1 Å². The normalized spacial score (nSPS) is 14.6. The van der Waals surface area contributed by atoms with Gasteiger partial charge >= 0.3 is 23.9 Å². The van der Waals surface area contributed by atoms with E-state index in [0.29, 0.717) is 24.3 Å². The van der Waals surface area contributed by atoms with E-state index in [2.05, 4.69) is 35.0 Å². The van der Waals surface area contributed by atoms with Crippen LogP contribution in [0.5, 0.6) is 0 Å². The van der Waals surface area contributed by atoms with E-state index >= 15 is 0 Å². The number of aliphatic carboxylic acids is 4. The van der Waals surface area contributed by atoms with Crippen LogP contribution in [0, 0.1) is 0 Å². The van der Waals surface area contributed by atoms with Crippen LogP contribution in [0.2, 0.25) is 10.0 Å². The lowest BCUT2D eigenvalue weighted by atomic mass is 9.96. The molecule has 1 fully saturated rings. The fraction of sp³-hybridized carbons (Fsp3) is 0.231. The summed E-state index contributed by atoms with van der Waals surface area (Å²) in [6, 6.07) is 16.4. The summed E-state index contributed by atoms with van der Waals surface area (Å²) in [4.78, 5) is 43.1. The summed E-state index contributed by atoms with van der Waals surface area (Å²) in [6.07, 6.45) is 2.23. The smallest absolute Gasteiger partial charge is 0.328 e. The molecule has 0 spiro atoms. The van der Waals surface area contributed by atoms with Gasteiger partial charge in [-0.15, -0.1) is 0 Å². The quantitative estimate of drug-likeness (QED) is 0.364. The molecule has 10 nitrogen and oxygen atoms in total. The Morgan fingerprint density at radius 1 is 0.737 bits per heavy atom. The van der Waals surface area contributed by atoms with Gasteiger partial charge in [-0.25, -0.2) is 19.2 Å². The maximum Gasteiger partial charge on any atom is 0.328 e. The van der Waals surface area contributed by atoms with E-state index in [9.17, 15) is 19.2 Å². The Kier molecular flexibility index (Phi) is 14.4. The number of halogens is 2. The van der Waals surface area contributed by atoms with Crippen molar-refractivity contribution in [2.24, 2.45) is 0 Å². The number of benzene rings is 2. The molecule has 0 bridgehead atoms. The number of hydrogen-bond acceptors (Lipinski definition) is 6. The highest BCUT2D eigenvalue weighted by molar-refractivity contribution is 6.31. The Labute approximate surface area is 229 Å². The first-order valence-corrected chi connectivity index (χ1v) is 11.9. The molecule has 3 rings (SSSR count). The monoisotopic (exact) mass is 566 g/mol. The van der Waals surface area contributed by atoms with Crippen molar-refractivity contribution in [3.05, 3.63) is 94.0 Å². The average molecular weight is 567 g/mol. The van der Waals surface area contributed by atoms with Gasteiger partial charge in [-0.2, -0.15) is 0 Å². The Balaban J connectivity index is 0.000000374. The van der Waals surface area contributed by atoms with E-state index in [4.69, 9.17) is 43.6 Å². The third kappa shape index (κ3) is 13.0. The first-order valence-electron chi connectivity index (χ1n) is 11.1. The van der Waals surface area contributed by atoms with Gasteiger partial charge in [0, 0.05) is 60.5 Å². The number of piperazine rings is 1. The van der Waals surface area contributed by atoms with Crippen LogP contribution < -0.4 is 0 Å². The molecule has 1 aliphatic rings. The van der Waals surface area contributed by atoms with Crippen LogP contribution in [-0.2, 0) is 19.2 Å². The zero-order valence-corrected chi connectivity index (χ0v) is 21.9. The lowest BCUT2D eigenvalue weighted by Gasteiger charge is -2.38. The minimum Gasteiger partial charge on any atom is -0.478 e. The minimum absolute atomic E-state index is 0.154. The fourth-order valence-corrected chi connectivity index (χ4v) is 3.76. The highest BCUT2D eigenvalue weighted by Gasteiger charge is 2.26. The average Bonchev–Trinajstić information content (AvgIpc) is 2.85. The number of carboxylic acid groups (broad SMARTS) is 4. The van der Waals surface area contributed by atoms with E-state index < -0.39 is 23.9 Å². The molecule has 38 heavy (non-hydrogen) atoms. The molecular formula is C26H28Cl2N2O8. The maximum atomic E-state index is 9.55. The molecule has 1 aliphatic heterocycles. The van der Waals surface area contributed by atoms with Crippen molar-refractivity contribution < 1.29 is 39.6 Å². The second kappa shape index (κ2) is 16.9. The first-order chi connectivity index (χ1) is 17.9. The van der Waals surface area contributed by atoms with Gasteiger partial charge in [-0.1, -0.05) is 53.5 Å². The van der Waals surface area contributed by atoms with Crippen LogP contribution in [0.4, 0.5) is 0 Å². The van der Waals surface area contributed by atoms with E-state index in [1.807, 2.05) is 30.3 Å². The largest absolute Gasteiger partial charge is 0.478 e. The van der Waals surface area contributed by atoms with E-state index in [1.165, 1.54) is 5.56 Å². The maximum absolute atomic E-state index is 9.55. The molecule has 0 saturated carbocycles. The van der Waals surface area contributed by atoms with Crippen LogP contribution in [-0.4, -0.2) is 87.3 Å². The molecule has 0 radical (unpaired) electrons. The first kappa shape index (κ1) is 32.3. The van der Waals surface area contributed by atoms with E-state index in [1.54, 1.807) is 0 Å². The van der Waals surface area contributed by atoms with Gasteiger partial charge in [0.15, 0.2) is 0 Å². The fourth-order valence-electron chi connectivity index (χ4n) is 3.33. The van der Waals surface area contributed by atoms with Gasteiger partial charge in [0.2, 0.25) is 0 Å². The second-order valence-corrected chi connectivity index (χ2v) is 8.68. The summed E-state index contributed by atoms with van der Waals surface area (Å²) in [5.74, 6) is -5.03. The summed E-state index contributed by atoms with van der Waals surface area (Å²) in [5, 5.41) is 32.8. The van der Waals surface area contributed by atoms with Gasteiger partial charge in [0.1, 0.15) is 0 Å². The summed E-state index contributed by atoms with van der Waals surface area (Å²) in [6.45, 7) is 4.20. The van der Waals surface area contributed by atoms with E-state index in [0.717, 1.165) is 41.8 Å². The molecule has 1 atom stereocenters. The van der Waals surface area contributed by atoms with Crippen molar-refractivity contribution in [1.29, 1.82) is 0 Å². The Morgan fingerprint density at radius 2 is 1.21 bits per heavy atom. The summed E-state index contributed by atoms with van der Waals surface area (Å²) < 4.78 is 0. The number of carboxylic acids is 4. The highest BCUT2D eigenvalue weighted by atomic mass is 35.5. The van der Waals surface area contributed by atoms with Gasteiger partial charge in [0.05, 0.1) is 6.04 Å². The third-order valence-electron chi connectivity index (χ3n) is 5.00. The molecule has 204 valence electrons. The minimum atomic E-state index is -1.26. The van der Waals surface area contributed by atoms with Crippen LogP contribution in [0.15, 0.2) is 72.8 Å². The number of nitrogens with zero attached hydrogens (tertiary/aromatic N) is 2. The van der Waals surface area contributed by atoms with Gasteiger partial charge in [0.25, 0.3) is 0 Å². The molecule has 0 aliphatic carbocycles. The molecule has 0 amide bonds. The van der Waals surface area contributed by atoms with Crippen LogP contribution >= 0.6 is 23.2 Å². The third-order valence-corrected chi connectivity index (χ3v) is 5.58. The van der Waals surface area contributed by atoms with Crippen molar-refractivity contribution in [3.63, 3.8) is 0 Å². The molecule has 1 saturated heterocycles. The topological polar surface area (TPSA) is 156 Å². The molecule has 0 aromatic heterocycles. The lowest BCUT2D eigenvalue weighted by Crippen LogP contribution is -2.46. The van der Waals surface area contributed by atoms with Crippen molar-refractivity contribution in [3.8, 4) is 0 Å². The second-order valence-electron chi connectivity index (χ2n) is 7.84.